The van der Waals surface area contributed by atoms with Crippen LogP contribution in [0.3, 0.4) is 0 Å². The first-order chi connectivity index (χ1) is 12.2. The molecule has 2 rings (SSSR count). The van der Waals surface area contributed by atoms with Gasteiger partial charge in [0.05, 0.1) is 11.9 Å². The van der Waals surface area contributed by atoms with Crippen molar-refractivity contribution in [2.75, 3.05) is 28.2 Å². The number of halogens is 2. The number of hydrogen-bond acceptors (Lipinski definition) is 7. The Balaban J connectivity index is 2.14. The summed E-state index contributed by atoms with van der Waals surface area (Å²) in [6.45, 7) is 2.88. The minimum Gasteiger partial charge on any atom is -0.299 e. The van der Waals surface area contributed by atoms with E-state index in [-0.39, 0.29) is 5.13 Å². The van der Waals surface area contributed by atoms with Crippen molar-refractivity contribution in [3.8, 4) is 0 Å². The molecule has 0 atom stereocenters. The second kappa shape index (κ2) is 8.56. The predicted molar refractivity (Wildman–Crippen MR) is 98.0 cm³/mol. The van der Waals surface area contributed by atoms with Crippen LogP contribution in [0.25, 0.3) is 0 Å². The van der Waals surface area contributed by atoms with E-state index in [9.17, 15) is 22.0 Å². The maximum absolute atomic E-state index is 13.9. The van der Waals surface area contributed by atoms with E-state index in [1.54, 1.807) is 6.08 Å². The number of rotatable bonds is 8. The maximum Gasteiger partial charge on any atom is 0.246 e. The molecule has 0 saturated heterocycles. The molecule has 2 aromatic rings. The third kappa shape index (κ3) is 5.47. The zero-order valence-electron chi connectivity index (χ0n) is 13.5. The van der Waals surface area contributed by atoms with Crippen molar-refractivity contribution in [1.29, 1.82) is 0 Å². The Morgan fingerprint density at radius 1 is 1.42 bits per heavy atom. The van der Waals surface area contributed by atoms with Crippen molar-refractivity contribution in [3.63, 3.8) is 0 Å². The number of aromatic nitrogens is 2. The first-order valence-corrected chi connectivity index (χ1v) is 10.7. The van der Waals surface area contributed by atoms with Crippen molar-refractivity contribution in [3.05, 3.63) is 42.5 Å². The molecule has 0 saturated carbocycles. The molecule has 0 spiro atoms. The molecule has 0 fully saturated rings. The topological polar surface area (TPSA) is 92.3 Å². The quantitative estimate of drug-likeness (QED) is 0.401. The largest absolute Gasteiger partial charge is 0.299 e. The summed E-state index contributed by atoms with van der Waals surface area (Å²) in [6, 6.07) is 2.40. The molecule has 1 aromatic heterocycles. The fourth-order valence-electron chi connectivity index (χ4n) is 1.80. The molecule has 0 aliphatic heterocycles. The number of carbonyl (C=O) groups is 1. The average molecular weight is 420 g/mol. The van der Waals surface area contributed by atoms with Crippen molar-refractivity contribution in [1.82, 2.24) is 10.2 Å². The van der Waals surface area contributed by atoms with Gasteiger partial charge in [-0.1, -0.05) is 29.2 Å². The van der Waals surface area contributed by atoms with E-state index >= 15 is 0 Å². The third-order valence-corrected chi connectivity index (χ3v) is 5.94. The summed E-state index contributed by atoms with van der Waals surface area (Å²) >= 11 is 2.48. The van der Waals surface area contributed by atoms with Crippen LogP contribution in [-0.4, -0.2) is 43.1 Å². The number of sulfonamides is 1. The van der Waals surface area contributed by atoms with E-state index in [1.165, 1.54) is 11.8 Å². The highest BCUT2D eigenvalue weighted by Gasteiger charge is 2.24. The standard InChI is InChI=1S/C14H14F2N4O3S3/c1-3-6-24-14-19-18-13(25-14)17-12(21)8-20(26(2,22)23)11-5-4-9(15)7-10(11)16/h3-5,7H,1,6,8H2,2H3,(H,17,18,21). The zero-order valence-corrected chi connectivity index (χ0v) is 15.9. The van der Waals surface area contributed by atoms with Crippen LogP contribution < -0.4 is 9.62 Å². The number of thioether (sulfide) groups is 1. The lowest BCUT2D eigenvalue weighted by Gasteiger charge is -2.22. The van der Waals surface area contributed by atoms with E-state index in [0.717, 1.165) is 29.7 Å². The van der Waals surface area contributed by atoms with E-state index in [2.05, 4.69) is 22.1 Å². The Hall–Kier alpha value is -2.05. The van der Waals surface area contributed by atoms with Gasteiger partial charge in [0.1, 0.15) is 18.2 Å². The van der Waals surface area contributed by atoms with Gasteiger partial charge in [-0.3, -0.25) is 14.4 Å². The molecule has 1 amide bonds. The van der Waals surface area contributed by atoms with Crippen molar-refractivity contribution in [2.45, 2.75) is 4.34 Å². The second-order valence-corrected chi connectivity index (χ2v) is 9.04. The van der Waals surface area contributed by atoms with Gasteiger partial charge in [-0.05, 0) is 12.1 Å². The Kier molecular flexibility index (Phi) is 6.67. The van der Waals surface area contributed by atoms with Crippen LogP contribution in [0.4, 0.5) is 19.6 Å². The number of amides is 1. The van der Waals surface area contributed by atoms with Crippen LogP contribution in [0.1, 0.15) is 0 Å². The van der Waals surface area contributed by atoms with Gasteiger partial charge in [-0.2, -0.15) is 0 Å². The number of nitrogens with one attached hydrogen (secondary N) is 1. The second-order valence-electron chi connectivity index (χ2n) is 4.89. The van der Waals surface area contributed by atoms with E-state index in [4.69, 9.17) is 0 Å². The monoisotopic (exact) mass is 420 g/mol. The molecular weight excluding hydrogens is 406 g/mol. The molecule has 1 aromatic carbocycles. The Bertz CT molecular complexity index is 918. The molecule has 140 valence electrons. The van der Waals surface area contributed by atoms with Crippen molar-refractivity contribution < 1.29 is 22.0 Å². The lowest BCUT2D eigenvalue weighted by Crippen LogP contribution is -2.38. The van der Waals surface area contributed by atoms with E-state index in [1.807, 2.05) is 0 Å². The van der Waals surface area contributed by atoms with E-state index in [0.29, 0.717) is 20.5 Å². The molecule has 0 aliphatic carbocycles. The van der Waals surface area contributed by atoms with Crippen LogP contribution in [0, 0.1) is 11.6 Å². The lowest BCUT2D eigenvalue weighted by atomic mass is 10.3. The number of hydrogen-bond donors (Lipinski definition) is 1. The van der Waals surface area contributed by atoms with Crippen LogP contribution in [0.2, 0.25) is 0 Å². The minimum absolute atomic E-state index is 0.176. The van der Waals surface area contributed by atoms with Gasteiger partial charge < -0.3 is 0 Å². The van der Waals surface area contributed by atoms with Crippen molar-refractivity contribution in [2.24, 2.45) is 0 Å². The predicted octanol–water partition coefficient (Wildman–Crippen LogP) is 2.50. The Labute approximate surface area is 157 Å². The molecule has 7 nitrogen and oxygen atoms in total. The van der Waals surface area contributed by atoms with Gasteiger partial charge in [-0.25, -0.2) is 17.2 Å². The third-order valence-electron chi connectivity index (χ3n) is 2.84. The Morgan fingerprint density at radius 2 is 2.15 bits per heavy atom. The number of anilines is 2. The number of carbonyl (C=O) groups excluding carboxylic acids is 1. The fourth-order valence-corrected chi connectivity index (χ4v) is 4.19. The molecule has 1 heterocycles. The number of nitrogens with zero attached hydrogens (tertiary/aromatic N) is 3. The van der Waals surface area contributed by atoms with Crippen LogP contribution in [-0.2, 0) is 14.8 Å². The molecule has 12 heteroatoms. The summed E-state index contributed by atoms with van der Waals surface area (Å²) in [5, 5.41) is 10.2. The van der Waals surface area contributed by atoms with Crippen LogP contribution >= 0.6 is 23.1 Å². The summed E-state index contributed by atoms with van der Waals surface area (Å²) < 4.78 is 52.0. The summed E-state index contributed by atoms with van der Waals surface area (Å²) in [5.41, 5.74) is -0.427. The fraction of sp³-hybridized carbons (Fsp3) is 0.214. The number of benzene rings is 1. The summed E-state index contributed by atoms with van der Waals surface area (Å²) in [5.74, 6) is -2.07. The minimum atomic E-state index is -3.99. The highest BCUT2D eigenvalue weighted by atomic mass is 32.2. The van der Waals surface area contributed by atoms with Gasteiger partial charge in [0, 0.05) is 11.8 Å². The van der Waals surface area contributed by atoms with Crippen LogP contribution in [0.5, 0.6) is 0 Å². The molecule has 0 unspecified atom stereocenters. The smallest absolute Gasteiger partial charge is 0.246 e. The Morgan fingerprint density at radius 3 is 2.77 bits per heavy atom. The van der Waals surface area contributed by atoms with Crippen LogP contribution in [0.15, 0.2) is 35.2 Å². The summed E-state index contributed by atoms with van der Waals surface area (Å²) in [7, 11) is -3.99. The van der Waals surface area contributed by atoms with Crippen molar-refractivity contribution >= 4 is 49.8 Å². The molecule has 0 aliphatic rings. The molecule has 1 N–H and O–H groups in total. The SMILES string of the molecule is C=CCSc1nnc(NC(=O)CN(c2ccc(F)cc2F)S(C)(=O)=O)s1. The molecule has 0 radical (unpaired) electrons. The lowest BCUT2D eigenvalue weighted by molar-refractivity contribution is -0.114. The summed E-state index contributed by atoms with van der Waals surface area (Å²) in [4.78, 5) is 12.1. The highest BCUT2D eigenvalue weighted by molar-refractivity contribution is 8.01. The van der Waals surface area contributed by atoms with Gasteiger partial charge in [0.25, 0.3) is 0 Å². The average Bonchev–Trinajstić information content (AvgIpc) is 2.97. The molecule has 0 bridgehead atoms. The zero-order chi connectivity index (χ0) is 19.3. The summed E-state index contributed by atoms with van der Waals surface area (Å²) in [6.07, 6.45) is 2.50. The normalized spacial score (nSPS) is 11.2. The highest BCUT2D eigenvalue weighted by Crippen LogP contribution is 2.26. The molecule has 26 heavy (non-hydrogen) atoms. The first kappa shape index (κ1) is 20.3. The van der Waals surface area contributed by atoms with Gasteiger partial charge in [-0.15, -0.1) is 16.8 Å². The maximum atomic E-state index is 13.9. The van der Waals surface area contributed by atoms with Gasteiger partial charge in [0.15, 0.2) is 4.34 Å². The molecular formula is C14H14F2N4O3S3. The first-order valence-electron chi connectivity index (χ1n) is 7.00. The van der Waals surface area contributed by atoms with E-state index < -0.39 is 39.8 Å². The van der Waals surface area contributed by atoms with Gasteiger partial charge >= 0.3 is 0 Å². The van der Waals surface area contributed by atoms with Gasteiger partial charge in [0.2, 0.25) is 21.1 Å².